The van der Waals surface area contributed by atoms with Crippen molar-refractivity contribution in [3.63, 3.8) is 0 Å². The molecule has 19 nitrogen and oxygen atoms in total. The molecule has 12 N–H and O–H groups in total. The van der Waals surface area contributed by atoms with E-state index in [9.17, 15) is 61.0 Å². The lowest BCUT2D eigenvalue weighted by Crippen LogP contribution is -2.66. The lowest BCUT2D eigenvalue weighted by atomic mass is 9.96. The van der Waals surface area contributed by atoms with Crippen molar-refractivity contribution in [3.05, 3.63) is 109 Å². The third kappa shape index (κ3) is 42.1. The van der Waals surface area contributed by atoms with Crippen molar-refractivity contribution in [1.82, 2.24) is 5.32 Å². The number of allylic oxidation sites excluding steroid dienone is 18. The summed E-state index contributed by atoms with van der Waals surface area (Å²) in [7, 11) is 0. The number of unbranched alkanes of at least 4 members (excludes halogenated alkanes) is 28. The first kappa shape index (κ1) is 92.7. The molecule has 588 valence electrons. The highest BCUT2D eigenvalue weighted by atomic mass is 16.8. The third-order valence-corrected chi connectivity index (χ3v) is 19.4. The summed E-state index contributed by atoms with van der Waals surface area (Å²) in [6.45, 7) is 1.70. The first-order valence-electron chi connectivity index (χ1n) is 40.1. The minimum absolute atomic E-state index is 0.248. The van der Waals surface area contributed by atoms with Gasteiger partial charge in [-0.1, -0.05) is 297 Å². The topological polar surface area (TPSA) is 307 Å². The minimum atomic E-state index is -1.98. The van der Waals surface area contributed by atoms with Crippen LogP contribution in [-0.4, -0.2) is 193 Å². The number of carbonyl (C=O) groups excluding carboxylic acids is 1. The number of hydrogen-bond donors (Lipinski definition) is 12. The maximum atomic E-state index is 13.5. The van der Waals surface area contributed by atoms with Crippen LogP contribution in [-0.2, 0) is 33.2 Å². The number of aliphatic hydroxyl groups is 11. The normalized spacial score (nSPS) is 26.8. The average Bonchev–Trinajstić information content (AvgIpc) is 0.781. The van der Waals surface area contributed by atoms with Crippen LogP contribution in [0, 0.1) is 0 Å². The van der Waals surface area contributed by atoms with Crippen LogP contribution in [0.25, 0.3) is 0 Å². The van der Waals surface area contributed by atoms with Gasteiger partial charge in [-0.3, -0.25) is 4.79 Å². The van der Waals surface area contributed by atoms with Crippen LogP contribution in [0.5, 0.6) is 0 Å². The van der Waals surface area contributed by atoms with Gasteiger partial charge in [0, 0.05) is 6.42 Å². The number of hydrogen-bond acceptors (Lipinski definition) is 18. The SMILES string of the molecule is CC/C=C\C/C=C\C/C=C\C/C=C\C/C=C\C/C=C\C/C=C\C/C=C\C/C=C\CCCCCCCCCCCCCC(=O)NC(COC1OC(CO)C(OC2OC(CO)C(OC3OC(CO)C(O)C(O)C3O)C(O)C2O)C(O)C1O)C(O)CCCCCCCCCCCCCCCCCCCC. The first-order valence-corrected chi connectivity index (χ1v) is 40.1. The monoisotopic (exact) mass is 1440 g/mol. The molecule has 3 heterocycles. The summed E-state index contributed by atoms with van der Waals surface area (Å²) in [5, 5.41) is 121. The van der Waals surface area contributed by atoms with Crippen LogP contribution < -0.4 is 5.32 Å². The quantitative estimate of drug-likeness (QED) is 0.0199. The van der Waals surface area contributed by atoms with E-state index in [0.29, 0.717) is 12.8 Å². The van der Waals surface area contributed by atoms with E-state index in [-0.39, 0.29) is 18.9 Å². The Labute approximate surface area is 615 Å². The molecule has 0 aliphatic carbocycles. The molecular weight excluding hydrogens is 1300 g/mol. The molecule has 102 heavy (non-hydrogen) atoms. The van der Waals surface area contributed by atoms with Gasteiger partial charge in [0.25, 0.3) is 0 Å². The highest BCUT2D eigenvalue weighted by molar-refractivity contribution is 5.76. The average molecular weight is 1440 g/mol. The molecule has 0 aromatic carbocycles. The highest BCUT2D eigenvalue weighted by Crippen LogP contribution is 2.33. The summed E-state index contributed by atoms with van der Waals surface area (Å²) in [5.41, 5.74) is 0. The standard InChI is InChI=1S/C83H143NO18/c1-3-5-7-9-11-13-15-17-19-21-23-24-25-26-27-28-29-30-31-32-33-34-35-36-37-38-39-40-41-42-43-45-47-49-51-53-55-57-59-61-71(89)84-66(67(88)60-58-56-54-52-50-48-46-44-22-20-18-16-14-12-10-8-6-4-2)65-97-81-77(95)74(92)79(69(63-86)99-81)102-83-78(96)75(93)80(70(64-87)100-83)101-82-76(94)73(91)72(90)68(62-85)98-82/h5,7,11,13,17,19,23-24,26-27,29-30,32-33,35-36,38-39,66-70,72-83,85-88,90-96H,3-4,6,8-10,12,14-16,18,20-22,25,28,31,34,37,40-65H2,1-2H3,(H,84,89)/b7-5-,13-11-,19-17-,24-23-,27-26-,30-29-,33-32-,36-35-,39-38-. The molecule has 0 bridgehead atoms. The molecule has 17 atom stereocenters. The maximum Gasteiger partial charge on any atom is 0.220 e. The van der Waals surface area contributed by atoms with E-state index in [2.05, 4.69) is 129 Å². The van der Waals surface area contributed by atoms with E-state index in [1.54, 1.807) is 0 Å². The van der Waals surface area contributed by atoms with E-state index in [1.165, 1.54) is 128 Å². The van der Waals surface area contributed by atoms with Crippen LogP contribution in [0.4, 0.5) is 0 Å². The highest BCUT2D eigenvalue weighted by Gasteiger charge is 2.54. The molecule has 3 saturated heterocycles. The molecular formula is C83H143NO18. The van der Waals surface area contributed by atoms with Crippen molar-refractivity contribution in [3.8, 4) is 0 Å². The van der Waals surface area contributed by atoms with Gasteiger partial charge in [-0.05, 0) is 83.5 Å². The maximum absolute atomic E-state index is 13.5. The van der Waals surface area contributed by atoms with E-state index in [0.717, 1.165) is 116 Å². The zero-order chi connectivity index (χ0) is 73.9. The van der Waals surface area contributed by atoms with E-state index in [4.69, 9.17) is 28.4 Å². The summed E-state index contributed by atoms with van der Waals surface area (Å²) in [6.07, 6.45) is 58.8. The zero-order valence-corrected chi connectivity index (χ0v) is 62.8. The van der Waals surface area contributed by atoms with Gasteiger partial charge in [-0.25, -0.2) is 0 Å². The smallest absolute Gasteiger partial charge is 0.220 e. The molecule has 0 saturated carbocycles. The predicted molar refractivity (Wildman–Crippen MR) is 406 cm³/mol. The Hall–Kier alpha value is -3.55. The summed E-state index contributed by atoms with van der Waals surface area (Å²) < 4.78 is 34.5. The van der Waals surface area contributed by atoms with Crippen molar-refractivity contribution in [2.24, 2.45) is 0 Å². The van der Waals surface area contributed by atoms with Gasteiger partial charge in [-0.2, -0.15) is 0 Å². The van der Waals surface area contributed by atoms with E-state index >= 15 is 0 Å². The van der Waals surface area contributed by atoms with Gasteiger partial charge in [0.15, 0.2) is 18.9 Å². The second-order valence-electron chi connectivity index (χ2n) is 28.2. The summed E-state index contributed by atoms with van der Waals surface area (Å²) >= 11 is 0. The first-order chi connectivity index (χ1) is 49.8. The molecule has 0 aromatic rings. The molecule has 3 aliphatic rings. The van der Waals surface area contributed by atoms with Crippen LogP contribution in [0.15, 0.2) is 109 Å². The fourth-order valence-corrected chi connectivity index (χ4v) is 13.0. The van der Waals surface area contributed by atoms with Crippen molar-refractivity contribution < 1.29 is 89.4 Å². The van der Waals surface area contributed by atoms with Crippen molar-refractivity contribution in [1.29, 1.82) is 0 Å². The molecule has 3 fully saturated rings. The molecule has 0 radical (unpaired) electrons. The fourth-order valence-electron chi connectivity index (χ4n) is 13.0. The second kappa shape index (κ2) is 62.5. The zero-order valence-electron chi connectivity index (χ0n) is 62.8. The van der Waals surface area contributed by atoms with Crippen LogP contribution >= 0.6 is 0 Å². The number of carbonyl (C=O) groups is 1. The van der Waals surface area contributed by atoms with Crippen LogP contribution in [0.1, 0.15) is 277 Å². The molecule has 1 amide bonds. The van der Waals surface area contributed by atoms with Crippen molar-refractivity contribution in [2.75, 3.05) is 26.4 Å². The number of nitrogens with one attached hydrogen (secondary N) is 1. The third-order valence-electron chi connectivity index (χ3n) is 19.4. The van der Waals surface area contributed by atoms with Crippen molar-refractivity contribution >= 4 is 5.91 Å². The Morgan fingerprint density at radius 1 is 0.363 bits per heavy atom. The summed E-state index contributed by atoms with van der Waals surface area (Å²) in [4.78, 5) is 13.5. The minimum Gasteiger partial charge on any atom is -0.394 e. The van der Waals surface area contributed by atoms with Crippen LogP contribution in [0.2, 0.25) is 0 Å². The Kier molecular flexibility index (Phi) is 56.8. The van der Waals surface area contributed by atoms with Gasteiger partial charge in [-0.15, -0.1) is 0 Å². The molecule has 3 aliphatic heterocycles. The fraction of sp³-hybridized carbons (Fsp3) is 0.771. The summed E-state index contributed by atoms with van der Waals surface area (Å²) in [6, 6.07) is -0.896. The van der Waals surface area contributed by atoms with Gasteiger partial charge in [0.1, 0.15) is 73.2 Å². The molecule has 17 unspecified atom stereocenters. The summed E-state index contributed by atoms with van der Waals surface area (Å²) in [5.74, 6) is -0.248. The van der Waals surface area contributed by atoms with Gasteiger partial charge >= 0.3 is 0 Å². The Bertz CT molecular complexity index is 2270. The predicted octanol–water partition coefficient (Wildman–Crippen LogP) is 13.3. The molecule has 3 rings (SSSR count). The molecule has 0 spiro atoms. The number of ether oxygens (including phenoxy) is 6. The largest absolute Gasteiger partial charge is 0.394 e. The van der Waals surface area contributed by atoms with Gasteiger partial charge in [0.05, 0.1) is 38.6 Å². The molecule has 19 heteroatoms. The van der Waals surface area contributed by atoms with Gasteiger partial charge in [0.2, 0.25) is 5.91 Å². The Morgan fingerprint density at radius 2 is 0.676 bits per heavy atom. The van der Waals surface area contributed by atoms with Crippen LogP contribution in [0.3, 0.4) is 0 Å². The van der Waals surface area contributed by atoms with Crippen molar-refractivity contribution in [2.45, 2.75) is 381 Å². The molecule has 0 aromatic heterocycles. The number of aliphatic hydroxyl groups excluding tert-OH is 11. The van der Waals surface area contributed by atoms with E-state index < -0.39 is 124 Å². The number of amides is 1. The Morgan fingerprint density at radius 3 is 1.06 bits per heavy atom. The lowest BCUT2D eigenvalue weighted by Gasteiger charge is -2.48. The Balaban J connectivity index is 1.34. The van der Waals surface area contributed by atoms with E-state index in [1.807, 2.05) is 0 Å². The lowest BCUT2D eigenvalue weighted by molar-refractivity contribution is -0.379. The van der Waals surface area contributed by atoms with Gasteiger partial charge < -0.3 is 89.9 Å². The second-order valence-corrected chi connectivity index (χ2v) is 28.2. The number of rotatable bonds is 62.